The van der Waals surface area contributed by atoms with E-state index in [-0.39, 0.29) is 11.2 Å². The van der Waals surface area contributed by atoms with Crippen LogP contribution in [0.1, 0.15) is 29.5 Å². The number of hydrogen-bond donors (Lipinski definition) is 0. The van der Waals surface area contributed by atoms with Crippen LogP contribution in [-0.4, -0.2) is 43.8 Å². The van der Waals surface area contributed by atoms with Gasteiger partial charge in [0.05, 0.1) is 11.7 Å². The summed E-state index contributed by atoms with van der Waals surface area (Å²) >= 11 is 0. The molecule has 1 unspecified atom stereocenters. The Morgan fingerprint density at radius 1 is 1.29 bits per heavy atom. The SMILES string of the molecule is CS(=O)(=O)C1CCN(C(=O)Cc2ccc3c(c2)CCC3)C1. The first-order valence-corrected chi connectivity index (χ1v) is 9.46. The first-order chi connectivity index (χ1) is 9.93. The van der Waals surface area contributed by atoms with Crippen LogP contribution >= 0.6 is 0 Å². The summed E-state index contributed by atoms with van der Waals surface area (Å²) in [6, 6.07) is 6.31. The lowest BCUT2D eigenvalue weighted by molar-refractivity contribution is -0.129. The van der Waals surface area contributed by atoms with E-state index in [9.17, 15) is 13.2 Å². The minimum absolute atomic E-state index is 0.0408. The van der Waals surface area contributed by atoms with Crippen molar-refractivity contribution in [1.82, 2.24) is 4.90 Å². The average Bonchev–Trinajstić information content (AvgIpc) is 3.06. The molecule has 0 aromatic heterocycles. The fourth-order valence-corrected chi connectivity index (χ4v) is 4.31. The van der Waals surface area contributed by atoms with Gasteiger partial charge < -0.3 is 4.90 Å². The molecule has 1 fully saturated rings. The third-order valence-corrected chi connectivity index (χ3v) is 6.22. The van der Waals surface area contributed by atoms with Crippen molar-refractivity contribution in [3.63, 3.8) is 0 Å². The Morgan fingerprint density at radius 2 is 2.05 bits per heavy atom. The van der Waals surface area contributed by atoms with Gasteiger partial charge in [-0.15, -0.1) is 0 Å². The van der Waals surface area contributed by atoms with Gasteiger partial charge in [0.15, 0.2) is 9.84 Å². The summed E-state index contributed by atoms with van der Waals surface area (Å²) in [5.74, 6) is 0.0408. The molecule has 0 radical (unpaired) electrons. The summed E-state index contributed by atoms with van der Waals surface area (Å²) < 4.78 is 23.1. The number of nitrogens with zero attached hydrogens (tertiary/aromatic N) is 1. The summed E-state index contributed by atoms with van der Waals surface area (Å²) in [5.41, 5.74) is 3.82. The van der Waals surface area contributed by atoms with Crippen LogP contribution in [0.15, 0.2) is 18.2 Å². The zero-order valence-corrected chi connectivity index (χ0v) is 13.2. The molecule has 1 saturated heterocycles. The number of likely N-dealkylation sites (tertiary alicyclic amines) is 1. The van der Waals surface area contributed by atoms with Crippen molar-refractivity contribution in [2.24, 2.45) is 0 Å². The summed E-state index contributed by atoms with van der Waals surface area (Å²) in [5, 5.41) is -0.388. The van der Waals surface area contributed by atoms with E-state index in [0.29, 0.717) is 25.9 Å². The van der Waals surface area contributed by atoms with Crippen molar-refractivity contribution in [2.45, 2.75) is 37.4 Å². The van der Waals surface area contributed by atoms with Crippen molar-refractivity contribution in [3.8, 4) is 0 Å². The maximum absolute atomic E-state index is 12.3. The molecule has 1 aliphatic carbocycles. The number of carbonyl (C=O) groups excluding carboxylic acids is 1. The van der Waals surface area contributed by atoms with Crippen molar-refractivity contribution in [2.75, 3.05) is 19.3 Å². The van der Waals surface area contributed by atoms with Crippen LogP contribution in [0.25, 0.3) is 0 Å². The molecule has 5 heteroatoms. The molecule has 3 rings (SSSR count). The molecule has 1 aliphatic heterocycles. The van der Waals surface area contributed by atoms with E-state index in [1.54, 1.807) is 4.90 Å². The summed E-state index contributed by atoms with van der Waals surface area (Å²) in [6.07, 6.45) is 5.66. The Kier molecular flexibility index (Phi) is 3.78. The maximum Gasteiger partial charge on any atom is 0.227 e. The van der Waals surface area contributed by atoms with Gasteiger partial charge in [0.25, 0.3) is 0 Å². The highest BCUT2D eigenvalue weighted by Gasteiger charge is 2.32. The monoisotopic (exact) mass is 307 g/mol. The number of rotatable bonds is 3. The number of aryl methyl sites for hydroxylation is 2. The number of hydrogen-bond acceptors (Lipinski definition) is 3. The highest BCUT2D eigenvalue weighted by Crippen LogP contribution is 2.24. The highest BCUT2D eigenvalue weighted by molar-refractivity contribution is 7.91. The quantitative estimate of drug-likeness (QED) is 0.847. The Labute approximate surface area is 126 Å². The standard InChI is InChI=1S/C16H21NO3S/c1-21(19,20)15-7-8-17(11-15)16(18)10-12-5-6-13-3-2-4-14(13)9-12/h5-6,9,15H,2-4,7-8,10-11H2,1H3. The molecule has 0 N–H and O–H groups in total. The first-order valence-electron chi connectivity index (χ1n) is 7.51. The summed E-state index contributed by atoms with van der Waals surface area (Å²) in [6.45, 7) is 0.907. The fourth-order valence-electron chi connectivity index (χ4n) is 3.33. The van der Waals surface area contributed by atoms with Gasteiger partial charge in [0, 0.05) is 19.3 Å². The molecule has 2 aliphatic rings. The Hall–Kier alpha value is -1.36. The molecule has 1 aromatic carbocycles. The third-order valence-electron chi connectivity index (χ3n) is 4.62. The highest BCUT2D eigenvalue weighted by atomic mass is 32.2. The van der Waals surface area contributed by atoms with Gasteiger partial charge in [-0.05, 0) is 42.4 Å². The van der Waals surface area contributed by atoms with Gasteiger partial charge in [-0.2, -0.15) is 0 Å². The first kappa shape index (κ1) is 14.6. The number of fused-ring (bicyclic) bond motifs is 1. The van der Waals surface area contributed by atoms with Gasteiger partial charge in [0.2, 0.25) is 5.91 Å². The van der Waals surface area contributed by atoms with Crippen LogP contribution in [0.3, 0.4) is 0 Å². The topological polar surface area (TPSA) is 54.5 Å². The lowest BCUT2D eigenvalue weighted by Crippen LogP contribution is -2.32. The molecule has 1 heterocycles. The third kappa shape index (κ3) is 3.12. The van der Waals surface area contributed by atoms with Crippen LogP contribution in [0.2, 0.25) is 0 Å². The molecule has 21 heavy (non-hydrogen) atoms. The second kappa shape index (κ2) is 5.44. The van der Waals surface area contributed by atoms with Crippen LogP contribution in [-0.2, 0) is 33.9 Å². The molecule has 1 amide bonds. The largest absolute Gasteiger partial charge is 0.341 e. The van der Waals surface area contributed by atoms with Gasteiger partial charge >= 0.3 is 0 Å². The van der Waals surface area contributed by atoms with E-state index in [1.165, 1.54) is 23.8 Å². The van der Waals surface area contributed by atoms with Crippen molar-refractivity contribution in [3.05, 3.63) is 34.9 Å². The molecular weight excluding hydrogens is 286 g/mol. The minimum atomic E-state index is -3.04. The number of amides is 1. The zero-order valence-electron chi connectivity index (χ0n) is 12.3. The van der Waals surface area contributed by atoms with E-state index in [2.05, 4.69) is 12.1 Å². The zero-order chi connectivity index (χ0) is 15.0. The molecule has 0 saturated carbocycles. The van der Waals surface area contributed by atoms with Gasteiger partial charge in [-0.1, -0.05) is 18.2 Å². The smallest absolute Gasteiger partial charge is 0.227 e. The second-order valence-corrected chi connectivity index (χ2v) is 8.54. The molecule has 0 bridgehead atoms. The Balaban J connectivity index is 1.65. The Bertz CT molecular complexity index is 666. The van der Waals surface area contributed by atoms with Crippen LogP contribution in [0.5, 0.6) is 0 Å². The molecular formula is C16H21NO3S. The van der Waals surface area contributed by atoms with Crippen LogP contribution < -0.4 is 0 Å². The predicted molar refractivity (Wildman–Crippen MR) is 82.0 cm³/mol. The normalized spacial score (nSPS) is 21.6. The maximum atomic E-state index is 12.3. The second-order valence-electron chi connectivity index (χ2n) is 6.21. The molecule has 1 aromatic rings. The number of carbonyl (C=O) groups is 1. The van der Waals surface area contributed by atoms with E-state index < -0.39 is 9.84 Å². The fraction of sp³-hybridized carbons (Fsp3) is 0.562. The minimum Gasteiger partial charge on any atom is -0.341 e. The van der Waals surface area contributed by atoms with Crippen molar-refractivity contribution in [1.29, 1.82) is 0 Å². The average molecular weight is 307 g/mol. The van der Waals surface area contributed by atoms with E-state index in [1.807, 2.05) is 6.07 Å². The van der Waals surface area contributed by atoms with Gasteiger partial charge in [0.1, 0.15) is 0 Å². The number of sulfone groups is 1. The van der Waals surface area contributed by atoms with Crippen LogP contribution in [0, 0.1) is 0 Å². The van der Waals surface area contributed by atoms with E-state index in [0.717, 1.165) is 18.4 Å². The van der Waals surface area contributed by atoms with Crippen LogP contribution in [0.4, 0.5) is 0 Å². The lowest BCUT2D eigenvalue weighted by Gasteiger charge is -2.16. The van der Waals surface area contributed by atoms with E-state index in [4.69, 9.17) is 0 Å². The Morgan fingerprint density at radius 3 is 2.76 bits per heavy atom. The van der Waals surface area contributed by atoms with E-state index >= 15 is 0 Å². The molecule has 114 valence electrons. The van der Waals surface area contributed by atoms with Gasteiger partial charge in [-0.3, -0.25) is 4.79 Å². The summed E-state index contributed by atoms with van der Waals surface area (Å²) in [7, 11) is -3.04. The number of benzene rings is 1. The molecule has 4 nitrogen and oxygen atoms in total. The van der Waals surface area contributed by atoms with Gasteiger partial charge in [-0.25, -0.2) is 8.42 Å². The predicted octanol–water partition coefficient (Wildman–Crippen LogP) is 1.36. The summed E-state index contributed by atoms with van der Waals surface area (Å²) in [4.78, 5) is 14.0. The lowest BCUT2D eigenvalue weighted by atomic mass is 10.0. The van der Waals surface area contributed by atoms with Crippen molar-refractivity contribution >= 4 is 15.7 Å². The molecule has 1 atom stereocenters. The molecule has 0 spiro atoms. The van der Waals surface area contributed by atoms with Crippen molar-refractivity contribution < 1.29 is 13.2 Å².